The van der Waals surface area contributed by atoms with Crippen LogP contribution in [-0.2, 0) is 9.84 Å². The zero-order valence-electron chi connectivity index (χ0n) is 11.3. The van der Waals surface area contributed by atoms with Crippen molar-refractivity contribution in [1.82, 2.24) is 0 Å². The molecule has 110 valence electrons. The number of hydrogen-bond donors (Lipinski definition) is 1. The summed E-state index contributed by atoms with van der Waals surface area (Å²) in [7, 11) is -3.18. The van der Waals surface area contributed by atoms with Crippen LogP contribution in [0, 0.1) is 0 Å². The van der Waals surface area contributed by atoms with Gasteiger partial charge in [-0.1, -0.05) is 18.7 Å². The number of aromatic carboxylic acids is 1. The van der Waals surface area contributed by atoms with E-state index in [2.05, 4.69) is 0 Å². The summed E-state index contributed by atoms with van der Waals surface area (Å²) in [6.45, 7) is 1.61. The Morgan fingerprint density at radius 3 is 1.90 bits per heavy atom. The first-order valence-corrected chi connectivity index (χ1v) is 8.73. The molecule has 2 aromatic rings. The third-order valence-electron chi connectivity index (χ3n) is 2.90. The summed E-state index contributed by atoms with van der Waals surface area (Å²) in [5.41, 5.74) is 0.240. The quantitative estimate of drug-likeness (QED) is 0.914. The normalized spacial score (nSPS) is 11.3. The predicted octanol–water partition coefficient (Wildman–Crippen LogP) is 3.33. The molecule has 0 aliphatic heterocycles. The largest absolute Gasteiger partial charge is 0.478 e. The summed E-state index contributed by atoms with van der Waals surface area (Å²) in [5, 5.41) is 8.83. The Balaban J connectivity index is 2.15. The van der Waals surface area contributed by atoms with Crippen LogP contribution in [-0.4, -0.2) is 25.2 Å². The minimum atomic E-state index is -3.18. The van der Waals surface area contributed by atoms with Crippen molar-refractivity contribution in [2.45, 2.75) is 21.6 Å². The van der Waals surface area contributed by atoms with Gasteiger partial charge in [0.15, 0.2) is 9.84 Å². The highest BCUT2D eigenvalue weighted by Crippen LogP contribution is 2.28. The van der Waals surface area contributed by atoms with Crippen molar-refractivity contribution in [3.63, 3.8) is 0 Å². The fraction of sp³-hybridized carbons (Fsp3) is 0.133. The number of benzene rings is 2. The maximum atomic E-state index is 11.7. The first-order chi connectivity index (χ1) is 9.92. The van der Waals surface area contributed by atoms with E-state index in [1.165, 1.54) is 11.8 Å². The van der Waals surface area contributed by atoms with Crippen LogP contribution in [0.25, 0.3) is 0 Å². The van der Waals surface area contributed by atoms with Gasteiger partial charge in [0.25, 0.3) is 0 Å². The second-order valence-electron chi connectivity index (χ2n) is 4.31. The van der Waals surface area contributed by atoms with E-state index < -0.39 is 15.8 Å². The smallest absolute Gasteiger partial charge is 0.335 e. The standard InChI is InChI=1S/C15H14O4S2/c1-2-21(18,19)14-9-7-13(8-10-14)20-12-5-3-11(4-6-12)15(16)17/h3-10H,2H2,1H3,(H,16,17). The molecule has 0 fully saturated rings. The lowest BCUT2D eigenvalue weighted by atomic mass is 10.2. The molecular formula is C15H14O4S2. The molecule has 0 amide bonds. The van der Waals surface area contributed by atoms with Crippen LogP contribution in [0.3, 0.4) is 0 Å². The third-order valence-corrected chi connectivity index (χ3v) is 5.67. The van der Waals surface area contributed by atoms with E-state index in [1.54, 1.807) is 55.5 Å². The highest BCUT2D eigenvalue weighted by Gasteiger charge is 2.11. The molecule has 0 saturated carbocycles. The number of sulfone groups is 1. The average molecular weight is 322 g/mol. The van der Waals surface area contributed by atoms with Gasteiger partial charge in [-0.2, -0.15) is 0 Å². The van der Waals surface area contributed by atoms with Gasteiger partial charge in [-0.25, -0.2) is 13.2 Å². The van der Waals surface area contributed by atoms with E-state index in [0.717, 1.165) is 9.79 Å². The summed E-state index contributed by atoms with van der Waals surface area (Å²) in [6.07, 6.45) is 0. The van der Waals surface area contributed by atoms with Crippen molar-refractivity contribution in [1.29, 1.82) is 0 Å². The van der Waals surface area contributed by atoms with Gasteiger partial charge in [-0.3, -0.25) is 0 Å². The van der Waals surface area contributed by atoms with Gasteiger partial charge >= 0.3 is 5.97 Å². The summed E-state index contributed by atoms with van der Waals surface area (Å²) in [5.74, 6) is -0.878. The van der Waals surface area contributed by atoms with Crippen molar-refractivity contribution in [2.75, 3.05) is 5.75 Å². The van der Waals surface area contributed by atoms with Crippen molar-refractivity contribution in [3.05, 3.63) is 54.1 Å². The molecule has 0 heterocycles. The van der Waals surface area contributed by atoms with Crippen LogP contribution in [0.1, 0.15) is 17.3 Å². The third kappa shape index (κ3) is 3.86. The molecule has 0 unspecified atom stereocenters. The molecule has 4 nitrogen and oxygen atoms in total. The van der Waals surface area contributed by atoms with Gasteiger partial charge in [0.2, 0.25) is 0 Å². The summed E-state index contributed by atoms with van der Waals surface area (Å²) < 4.78 is 23.4. The molecule has 0 atom stereocenters. The van der Waals surface area contributed by atoms with E-state index in [9.17, 15) is 13.2 Å². The zero-order chi connectivity index (χ0) is 15.5. The van der Waals surface area contributed by atoms with Gasteiger partial charge in [-0.15, -0.1) is 0 Å². The summed E-state index contributed by atoms with van der Waals surface area (Å²) in [6, 6.07) is 13.2. The van der Waals surface area contributed by atoms with Gasteiger partial charge in [0, 0.05) is 9.79 Å². The molecule has 1 N–H and O–H groups in total. The minimum absolute atomic E-state index is 0.0795. The maximum absolute atomic E-state index is 11.7. The van der Waals surface area contributed by atoms with E-state index in [1.807, 2.05) is 0 Å². The fourth-order valence-electron chi connectivity index (χ4n) is 1.68. The van der Waals surface area contributed by atoms with Gasteiger partial charge in [0.1, 0.15) is 0 Å². The Hall–Kier alpha value is -1.79. The van der Waals surface area contributed by atoms with Gasteiger partial charge in [0.05, 0.1) is 16.2 Å². The molecule has 2 rings (SSSR count). The Kier molecular flexibility index (Phi) is 4.69. The Morgan fingerprint density at radius 1 is 1.00 bits per heavy atom. The Morgan fingerprint density at radius 2 is 1.48 bits per heavy atom. The van der Waals surface area contributed by atoms with Crippen LogP contribution >= 0.6 is 11.8 Å². The van der Waals surface area contributed by atoms with E-state index in [0.29, 0.717) is 4.90 Å². The highest BCUT2D eigenvalue weighted by atomic mass is 32.2. The first kappa shape index (κ1) is 15.6. The zero-order valence-corrected chi connectivity index (χ0v) is 12.9. The molecule has 2 aromatic carbocycles. The Bertz CT molecular complexity index is 732. The molecule has 0 bridgehead atoms. The van der Waals surface area contributed by atoms with E-state index >= 15 is 0 Å². The van der Waals surface area contributed by atoms with Crippen molar-refractivity contribution >= 4 is 27.6 Å². The lowest BCUT2D eigenvalue weighted by Gasteiger charge is -2.04. The van der Waals surface area contributed by atoms with Crippen molar-refractivity contribution in [2.24, 2.45) is 0 Å². The lowest BCUT2D eigenvalue weighted by molar-refractivity contribution is 0.0697. The number of rotatable bonds is 5. The van der Waals surface area contributed by atoms with Gasteiger partial charge < -0.3 is 5.11 Å². The van der Waals surface area contributed by atoms with Gasteiger partial charge in [-0.05, 0) is 48.5 Å². The first-order valence-electron chi connectivity index (χ1n) is 6.26. The molecule has 0 radical (unpaired) electrons. The van der Waals surface area contributed by atoms with Crippen molar-refractivity contribution in [3.8, 4) is 0 Å². The lowest BCUT2D eigenvalue weighted by Crippen LogP contribution is -2.02. The molecular weight excluding hydrogens is 308 g/mol. The molecule has 0 spiro atoms. The van der Waals surface area contributed by atoms with Crippen LogP contribution in [0.5, 0.6) is 0 Å². The van der Waals surface area contributed by atoms with Crippen molar-refractivity contribution < 1.29 is 18.3 Å². The fourth-order valence-corrected chi connectivity index (χ4v) is 3.38. The van der Waals surface area contributed by atoms with Crippen LogP contribution in [0.4, 0.5) is 0 Å². The average Bonchev–Trinajstić information content (AvgIpc) is 2.48. The van der Waals surface area contributed by atoms with Crippen LogP contribution in [0.2, 0.25) is 0 Å². The van der Waals surface area contributed by atoms with Crippen LogP contribution < -0.4 is 0 Å². The predicted molar refractivity (Wildman–Crippen MR) is 81.7 cm³/mol. The number of carboxylic acid groups (broad SMARTS) is 1. The maximum Gasteiger partial charge on any atom is 0.335 e. The second kappa shape index (κ2) is 6.32. The number of carboxylic acids is 1. The molecule has 0 aliphatic carbocycles. The van der Waals surface area contributed by atoms with E-state index in [-0.39, 0.29) is 11.3 Å². The second-order valence-corrected chi connectivity index (χ2v) is 7.73. The molecule has 21 heavy (non-hydrogen) atoms. The topological polar surface area (TPSA) is 71.4 Å². The number of carbonyl (C=O) groups is 1. The summed E-state index contributed by atoms with van der Waals surface area (Å²) in [4.78, 5) is 12.9. The Labute approximate surface area is 127 Å². The minimum Gasteiger partial charge on any atom is -0.478 e. The number of hydrogen-bond acceptors (Lipinski definition) is 4. The molecule has 6 heteroatoms. The molecule has 0 aliphatic rings. The van der Waals surface area contributed by atoms with E-state index in [4.69, 9.17) is 5.11 Å². The highest BCUT2D eigenvalue weighted by molar-refractivity contribution is 7.99. The SMILES string of the molecule is CCS(=O)(=O)c1ccc(Sc2ccc(C(=O)O)cc2)cc1. The monoisotopic (exact) mass is 322 g/mol. The molecule has 0 aromatic heterocycles. The van der Waals surface area contributed by atoms with Crippen LogP contribution in [0.15, 0.2) is 63.2 Å². The summed E-state index contributed by atoms with van der Waals surface area (Å²) >= 11 is 1.45. The molecule has 0 saturated heterocycles.